The first-order chi connectivity index (χ1) is 11.3. The van der Waals surface area contributed by atoms with Crippen LogP contribution < -0.4 is 5.69 Å². The fourth-order valence-electron chi connectivity index (χ4n) is 3.61. The fourth-order valence-corrected chi connectivity index (χ4v) is 4.69. The lowest BCUT2D eigenvalue weighted by molar-refractivity contribution is -0.144. The summed E-state index contributed by atoms with van der Waals surface area (Å²) >= 11 is 1.91. The van der Waals surface area contributed by atoms with E-state index in [4.69, 9.17) is 0 Å². The third-order valence-corrected chi connectivity index (χ3v) is 5.73. The molecule has 1 atom stereocenters. The molecule has 0 spiro atoms. The number of carbonyl (C=O) groups is 1. The molecule has 2 aromatic rings. The summed E-state index contributed by atoms with van der Waals surface area (Å²) in [5, 5.41) is 9.79. The number of carboxylic acids is 1. The van der Waals surface area contributed by atoms with Gasteiger partial charge >= 0.3 is 11.7 Å². The predicted molar refractivity (Wildman–Crippen MR) is 97.9 cm³/mol. The molecule has 1 saturated heterocycles. The van der Waals surface area contributed by atoms with Crippen molar-refractivity contribution in [2.75, 3.05) is 11.5 Å². The Morgan fingerprint density at radius 3 is 2.33 bits per heavy atom. The van der Waals surface area contributed by atoms with Crippen LogP contribution in [-0.4, -0.2) is 31.7 Å². The standard InChI is InChI=1S/C18H24N2O3S/c1-18(2,3)15(16(21)22)20-14-7-5-4-6-13(14)19(17(20)23)12-8-10-24-11-9-12/h4-7,12,15H,8-11H2,1-3H3,(H,21,22). The van der Waals surface area contributed by atoms with Crippen LogP contribution >= 0.6 is 11.8 Å². The van der Waals surface area contributed by atoms with Crippen LogP contribution in [0.5, 0.6) is 0 Å². The first-order valence-electron chi connectivity index (χ1n) is 8.34. The number of fused-ring (bicyclic) bond motifs is 1. The van der Waals surface area contributed by atoms with Crippen molar-refractivity contribution < 1.29 is 9.90 Å². The van der Waals surface area contributed by atoms with E-state index in [2.05, 4.69) is 0 Å². The first kappa shape index (κ1) is 17.1. The minimum Gasteiger partial charge on any atom is -0.480 e. The highest BCUT2D eigenvalue weighted by atomic mass is 32.2. The quantitative estimate of drug-likeness (QED) is 0.921. The zero-order chi connectivity index (χ0) is 17.5. The summed E-state index contributed by atoms with van der Waals surface area (Å²) in [5.41, 5.74) is 0.793. The molecule has 1 aromatic carbocycles. The first-order valence-corrected chi connectivity index (χ1v) is 9.50. The number of para-hydroxylation sites is 2. The molecule has 0 bridgehead atoms. The maximum atomic E-state index is 13.2. The van der Waals surface area contributed by atoms with Crippen molar-refractivity contribution >= 4 is 28.8 Å². The lowest BCUT2D eigenvalue weighted by Crippen LogP contribution is -2.39. The number of aromatic nitrogens is 2. The second kappa shape index (κ2) is 6.31. The monoisotopic (exact) mass is 348 g/mol. The van der Waals surface area contributed by atoms with E-state index in [1.165, 1.54) is 4.57 Å². The molecule has 130 valence electrons. The molecule has 1 aliphatic heterocycles. The summed E-state index contributed by atoms with van der Waals surface area (Å²) in [6, 6.07) is 6.81. The molecule has 0 saturated carbocycles. The van der Waals surface area contributed by atoms with E-state index in [0.29, 0.717) is 5.52 Å². The van der Waals surface area contributed by atoms with Crippen molar-refractivity contribution in [1.29, 1.82) is 0 Å². The molecule has 5 nitrogen and oxygen atoms in total. The van der Waals surface area contributed by atoms with Gasteiger partial charge in [-0.05, 0) is 41.9 Å². The van der Waals surface area contributed by atoms with Gasteiger partial charge in [0.1, 0.15) is 6.04 Å². The second-order valence-corrected chi connectivity index (χ2v) is 8.69. The van der Waals surface area contributed by atoms with E-state index in [9.17, 15) is 14.7 Å². The number of aliphatic carboxylic acids is 1. The highest BCUT2D eigenvalue weighted by Crippen LogP contribution is 2.34. The van der Waals surface area contributed by atoms with Crippen LogP contribution in [0.3, 0.4) is 0 Å². The largest absolute Gasteiger partial charge is 0.480 e. The van der Waals surface area contributed by atoms with Crippen LogP contribution in [0.2, 0.25) is 0 Å². The van der Waals surface area contributed by atoms with Crippen molar-refractivity contribution in [2.45, 2.75) is 45.7 Å². The Hall–Kier alpha value is -1.69. The zero-order valence-electron chi connectivity index (χ0n) is 14.4. The van der Waals surface area contributed by atoms with Crippen LogP contribution in [0, 0.1) is 5.41 Å². The average Bonchev–Trinajstić information content (AvgIpc) is 2.80. The topological polar surface area (TPSA) is 64.2 Å². The number of hydrogen-bond acceptors (Lipinski definition) is 3. The Bertz CT molecular complexity index is 810. The van der Waals surface area contributed by atoms with E-state index < -0.39 is 17.4 Å². The zero-order valence-corrected chi connectivity index (χ0v) is 15.2. The van der Waals surface area contributed by atoms with Crippen LogP contribution in [-0.2, 0) is 4.79 Å². The summed E-state index contributed by atoms with van der Waals surface area (Å²) in [6.45, 7) is 5.59. The van der Waals surface area contributed by atoms with Crippen LogP contribution in [0.15, 0.2) is 29.1 Å². The number of imidazole rings is 1. The van der Waals surface area contributed by atoms with E-state index in [-0.39, 0.29) is 11.7 Å². The molecule has 3 rings (SSSR count). The fraction of sp³-hybridized carbons (Fsp3) is 0.556. The van der Waals surface area contributed by atoms with Crippen molar-refractivity contribution in [3.63, 3.8) is 0 Å². The van der Waals surface area contributed by atoms with Gasteiger partial charge in [0.25, 0.3) is 0 Å². The number of rotatable bonds is 3. The molecular weight excluding hydrogens is 324 g/mol. The van der Waals surface area contributed by atoms with E-state index in [1.54, 1.807) is 0 Å². The molecule has 6 heteroatoms. The molecule has 1 unspecified atom stereocenters. The predicted octanol–water partition coefficient (Wildman–Crippen LogP) is 3.54. The molecule has 2 heterocycles. The number of benzene rings is 1. The van der Waals surface area contributed by atoms with Gasteiger partial charge in [-0.3, -0.25) is 9.13 Å². The second-order valence-electron chi connectivity index (χ2n) is 7.46. The Labute approximate surface area is 145 Å². The van der Waals surface area contributed by atoms with Crippen molar-refractivity contribution in [3.05, 3.63) is 34.7 Å². The van der Waals surface area contributed by atoms with Gasteiger partial charge in [0.05, 0.1) is 11.0 Å². The molecule has 1 aromatic heterocycles. The van der Waals surface area contributed by atoms with Gasteiger partial charge in [0, 0.05) is 6.04 Å². The van der Waals surface area contributed by atoms with Gasteiger partial charge in [0.15, 0.2) is 0 Å². The lowest BCUT2D eigenvalue weighted by Gasteiger charge is -2.28. The number of hydrogen-bond donors (Lipinski definition) is 1. The Kier molecular flexibility index (Phi) is 4.51. The molecular formula is C18H24N2O3S. The van der Waals surface area contributed by atoms with Crippen LogP contribution in [0.4, 0.5) is 0 Å². The number of carboxylic acid groups (broad SMARTS) is 1. The molecule has 0 aliphatic carbocycles. The molecule has 0 amide bonds. The van der Waals surface area contributed by atoms with Gasteiger partial charge in [-0.15, -0.1) is 0 Å². The summed E-state index contributed by atoms with van der Waals surface area (Å²) in [4.78, 5) is 25.2. The number of thioether (sulfide) groups is 1. The number of nitrogens with zero attached hydrogens (tertiary/aromatic N) is 2. The van der Waals surface area contributed by atoms with Crippen molar-refractivity contribution in [2.24, 2.45) is 5.41 Å². The summed E-state index contributed by atoms with van der Waals surface area (Å²) < 4.78 is 3.32. The van der Waals surface area contributed by atoms with Gasteiger partial charge in [-0.2, -0.15) is 11.8 Å². The lowest BCUT2D eigenvalue weighted by atomic mass is 9.86. The maximum absolute atomic E-state index is 13.2. The normalized spacial score (nSPS) is 18.0. The van der Waals surface area contributed by atoms with Gasteiger partial charge in [-0.1, -0.05) is 32.9 Å². The molecule has 0 radical (unpaired) electrons. The third kappa shape index (κ3) is 2.88. The molecule has 1 fully saturated rings. The smallest absolute Gasteiger partial charge is 0.330 e. The van der Waals surface area contributed by atoms with Gasteiger partial charge < -0.3 is 5.11 Å². The summed E-state index contributed by atoms with van der Waals surface area (Å²) in [5.74, 6) is 1.11. The minimum absolute atomic E-state index is 0.152. The third-order valence-electron chi connectivity index (χ3n) is 4.68. The van der Waals surface area contributed by atoms with Crippen LogP contribution in [0.1, 0.15) is 45.7 Å². The van der Waals surface area contributed by atoms with E-state index >= 15 is 0 Å². The average molecular weight is 348 g/mol. The molecule has 24 heavy (non-hydrogen) atoms. The van der Waals surface area contributed by atoms with Gasteiger partial charge in [-0.25, -0.2) is 9.59 Å². The molecule has 1 N–H and O–H groups in total. The highest BCUT2D eigenvalue weighted by molar-refractivity contribution is 7.99. The Morgan fingerprint density at radius 1 is 1.21 bits per heavy atom. The van der Waals surface area contributed by atoms with E-state index in [0.717, 1.165) is 29.9 Å². The SMILES string of the molecule is CC(C)(C)C(C(=O)O)n1c(=O)n(C2CCSCC2)c2ccccc21. The minimum atomic E-state index is -0.966. The Morgan fingerprint density at radius 2 is 1.79 bits per heavy atom. The van der Waals surface area contributed by atoms with Crippen molar-refractivity contribution in [3.8, 4) is 0 Å². The Balaban J connectivity index is 2.27. The van der Waals surface area contributed by atoms with Gasteiger partial charge in [0.2, 0.25) is 0 Å². The van der Waals surface area contributed by atoms with Crippen molar-refractivity contribution in [1.82, 2.24) is 9.13 Å². The van der Waals surface area contributed by atoms with Crippen LogP contribution in [0.25, 0.3) is 11.0 Å². The summed E-state index contributed by atoms with van der Waals surface area (Å²) in [7, 11) is 0. The molecule has 1 aliphatic rings. The highest BCUT2D eigenvalue weighted by Gasteiger charge is 2.37. The maximum Gasteiger partial charge on any atom is 0.330 e. The summed E-state index contributed by atoms with van der Waals surface area (Å²) in [6.07, 6.45) is 1.90. The van der Waals surface area contributed by atoms with E-state index in [1.807, 2.05) is 61.4 Å².